The van der Waals surface area contributed by atoms with Crippen LogP contribution >= 0.6 is 0 Å². The molecule has 2 amide bonds. The predicted octanol–water partition coefficient (Wildman–Crippen LogP) is 1.51. The van der Waals surface area contributed by atoms with Crippen molar-refractivity contribution >= 4 is 17.5 Å². The van der Waals surface area contributed by atoms with Gasteiger partial charge in [-0.25, -0.2) is 0 Å². The van der Waals surface area contributed by atoms with Crippen molar-refractivity contribution < 1.29 is 14.7 Å². The lowest BCUT2D eigenvalue weighted by Gasteiger charge is -2.24. The molecule has 1 rings (SSSR count). The van der Waals surface area contributed by atoms with Crippen molar-refractivity contribution in [3.05, 3.63) is 29.8 Å². The van der Waals surface area contributed by atoms with Crippen LogP contribution in [-0.2, 0) is 4.79 Å². The zero-order valence-electron chi connectivity index (χ0n) is 12.3. The van der Waals surface area contributed by atoms with E-state index in [0.29, 0.717) is 30.8 Å². The molecule has 1 N–H and O–H groups in total. The molecule has 0 radical (unpaired) electrons. The van der Waals surface area contributed by atoms with Gasteiger partial charge in [-0.05, 0) is 25.5 Å². The molecule has 0 aromatic heterocycles. The number of hydrogen-bond donors (Lipinski definition) is 1. The van der Waals surface area contributed by atoms with Crippen molar-refractivity contribution in [3.8, 4) is 0 Å². The van der Waals surface area contributed by atoms with E-state index in [4.69, 9.17) is 5.11 Å². The molecule has 0 aliphatic heterocycles. The molecule has 0 aliphatic rings. The van der Waals surface area contributed by atoms with Gasteiger partial charge < -0.3 is 14.9 Å². The summed E-state index contributed by atoms with van der Waals surface area (Å²) in [7, 11) is 1.65. The van der Waals surface area contributed by atoms with Crippen molar-refractivity contribution in [1.82, 2.24) is 4.90 Å². The molecule has 0 atom stereocenters. The van der Waals surface area contributed by atoms with Crippen molar-refractivity contribution in [2.24, 2.45) is 0 Å². The monoisotopic (exact) mass is 278 g/mol. The standard InChI is InChI=1S/C15H22N2O3/c1-4-17(10-7-11-18)15(20)13-8-5-6-9-14(13)16(3)12(2)19/h5-6,8-9,18H,4,7,10-11H2,1-3H3. The normalized spacial score (nSPS) is 10.2. The maximum absolute atomic E-state index is 12.5. The Kier molecular flexibility index (Phi) is 6.18. The van der Waals surface area contributed by atoms with E-state index in [1.807, 2.05) is 6.92 Å². The van der Waals surface area contributed by atoms with Gasteiger partial charge in [0.1, 0.15) is 0 Å². The van der Waals surface area contributed by atoms with Crippen LogP contribution in [0.15, 0.2) is 24.3 Å². The summed E-state index contributed by atoms with van der Waals surface area (Å²) in [6, 6.07) is 7.06. The third-order valence-electron chi connectivity index (χ3n) is 3.22. The van der Waals surface area contributed by atoms with E-state index in [2.05, 4.69) is 0 Å². The number of carbonyl (C=O) groups is 2. The second-order valence-corrected chi connectivity index (χ2v) is 4.56. The first-order valence-electron chi connectivity index (χ1n) is 6.76. The van der Waals surface area contributed by atoms with Gasteiger partial charge in [-0.3, -0.25) is 9.59 Å². The van der Waals surface area contributed by atoms with Gasteiger partial charge in [0.2, 0.25) is 5.91 Å². The van der Waals surface area contributed by atoms with Crippen LogP contribution in [0.2, 0.25) is 0 Å². The SMILES string of the molecule is CCN(CCCO)C(=O)c1ccccc1N(C)C(C)=O. The largest absolute Gasteiger partial charge is 0.396 e. The Hall–Kier alpha value is -1.88. The molecule has 20 heavy (non-hydrogen) atoms. The minimum absolute atomic E-state index is 0.0543. The lowest BCUT2D eigenvalue weighted by molar-refractivity contribution is -0.116. The van der Waals surface area contributed by atoms with Gasteiger partial charge in [0.25, 0.3) is 5.91 Å². The number of amides is 2. The van der Waals surface area contributed by atoms with Crippen LogP contribution in [0, 0.1) is 0 Å². The molecule has 0 fully saturated rings. The number of hydrogen-bond acceptors (Lipinski definition) is 3. The molecule has 5 heteroatoms. The molecule has 110 valence electrons. The summed E-state index contributed by atoms with van der Waals surface area (Å²) >= 11 is 0. The van der Waals surface area contributed by atoms with E-state index in [1.165, 1.54) is 11.8 Å². The molecule has 1 aromatic carbocycles. The average molecular weight is 278 g/mol. The smallest absolute Gasteiger partial charge is 0.255 e. The first kappa shape index (κ1) is 16.2. The number of rotatable bonds is 6. The molecule has 0 spiro atoms. The Morgan fingerprint density at radius 2 is 1.90 bits per heavy atom. The molecule has 0 aliphatic carbocycles. The molecule has 1 aromatic rings. The highest BCUT2D eigenvalue weighted by atomic mass is 16.3. The zero-order chi connectivity index (χ0) is 15.1. The second kappa shape index (κ2) is 7.65. The van der Waals surface area contributed by atoms with Gasteiger partial charge in [0, 0.05) is 33.7 Å². The third kappa shape index (κ3) is 3.81. The van der Waals surface area contributed by atoms with E-state index in [0.717, 1.165) is 0 Å². The summed E-state index contributed by atoms with van der Waals surface area (Å²) in [4.78, 5) is 27.2. The maximum atomic E-state index is 12.5. The molecule has 0 heterocycles. The minimum Gasteiger partial charge on any atom is -0.396 e. The van der Waals surface area contributed by atoms with Gasteiger partial charge in [0.05, 0.1) is 11.3 Å². The minimum atomic E-state index is -0.122. The van der Waals surface area contributed by atoms with E-state index in [9.17, 15) is 9.59 Å². The molecule has 0 saturated carbocycles. The van der Waals surface area contributed by atoms with E-state index in [-0.39, 0.29) is 18.4 Å². The number of nitrogens with zero attached hydrogens (tertiary/aromatic N) is 2. The molecular weight excluding hydrogens is 256 g/mol. The highest BCUT2D eigenvalue weighted by Crippen LogP contribution is 2.21. The summed E-state index contributed by atoms with van der Waals surface area (Å²) in [6.45, 7) is 4.48. The van der Waals surface area contributed by atoms with Crippen LogP contribution in [0.5, 0.6) is 0 Å². The number of para-hydroxylation sites is 1. The Morgan fingerprint density at radius 1 is 1.25 bits per heavy atom. The Balaban J connectivity index is 3.05. The fourth-order valence-corrected chi connectivity index (χ4v) is 1.95. The van der Waals surface area contributed by atoms with Crippen LogP contribution < -0.4 is 4.90 Å². The summed E-state index contributed by atoms with van der Waals surface area (Å²) in [5.41, 5.74) is 1.11. The fourth-order valence-electron chi connectivity index (χ4n) is 1.95. The zero-order valence-corrected chi connectivity index (χ0v) is 12.3. The van der Waals surface area contributed by atoms with Gasteiger partial charge in [0.15, 0.2) is 0 Å². The average Bonchev–Trinajstić information content (AvgIpc) is 2.46. The van der Waals surface area contributed by atoms with E-state index in [1.54, 1.807) is 36.2 Å². The predicted molar refractivity (Wildman–Crippen MR) is 78.8 cm³/mol. The van der Waals surface area contributed by atoms with E-state index >= 15 is 0 Å². The number of aliphatic hydroxyl groups is 1. The number of anilines is 1. The highest BCUT2D eigenvalue weighted by Gasteiger charge is 2.20. The lowest BCUT2D eigenvalue weighted by atomic mass is 10.1. The third-order valence-corrected chi connectivity index (χ3v) is 3.22. The van der Waals surface area contributed by atoms with Crippen LogP contribution in [0.25, 0.3) is 0 Å². The first-order chi connectivity index (χ1) is 9.52. The van der Waals surface area contributed by atoms with Crippen molar-refractivity contribution in [1.29, 1.82) is 0 Å². The van der Waals surface area contributed by atoms with E-state index < -0.39 is 0 Å². The summed E-state index contributed by atoms with van der Waals surface area (Å²) in [6.07, 6.45) is 0.546. The number of benzene rings is 1. The van der Waals surface area contributed by atoms with Gasteiger partial charge in [-0.2, -0.15) is 0 Å². The number of aliphatic hydroxyl groups excluding tert-OH is 1. The topological polar surface area (TPSA) is 60.9 Å². The van der Waals surface area contributed by atoms with Crippen molar-refractivity contribution in [2.75, 3.05) is 31.6 Å². The van der Waals surface area contributed by atoms with Gasteiger partial charge >= 0.3 is 0 Å². The summed E-state index contributed by atoms with van der Waals surface area (Å²) in [5.74, 6) is -0.242. The summed E-state index contributed by atoms with van der Waals surface area (Å²) in [5, 5.41) is 8.89. The Bertz CT molecular complexity index is 474. The molecular formula is C15H22N2O3. The highest BCUT2D eigenvalue weighted by molar-refractivity contribution is 6.04. The molecule has 0 saturated heterocycles. The Morgan fingerprint density at radius 3 is 2.45 bits per heavy atom. The number of carbonyl (C=O) groups excluding carboxylic acids is 2. The van der Waals surface area contributed by atoms with Gasteiger partial charge in [-0.1, -0.05) is 12.1 Å². The quantitative estimate of drug-likeness (QED) is 0.858. The summed E-state index contributed by atoms with van der Waals surface area (Å²) < 4.78 is 0. The maximum Gasteiger partial charge on any atom is 0.255 e. The molecule has 0 unspecified atom stereocenters. The van der Waals surface area contributed by atoms with Crippen LogP contribution in [0.4, 0.5) is 5.69 Å². The lowest BCUT2D eigenvalue weighted by Crippen LogP contribution is -2.34. The Labute approximate surface area is 119 Å². The second-order valence-electron chi connectivity index (χ2n) is 4.56. The molecule has 0 bridgehead atoms. The van der Waals surface area contributed by atoms with Crippen molar-refractivity contribution in [2.45, 2.75) is 20.3 Å². The van der Waals surface area contributed by atoms with Crippen LogP contribution in [-0.4, -0.2) is 48.6 Å². The fraction of sp³-hybridized carbons (Fsp3) is 0.467. The van der Waals surface area contributed by atoms with Crippen LogP contribution in [0.3, 0.4) is 0 Å². The van der Waals surface area contributed by atoms with Crippen molar-refractivity contribution in [3.63, 3.8) is 0 Å². The van der Waals surface area contributed by atoms with Gasteiger partial charge in [-0.15, -0.1) is 0 Å². The first-order valence-corrected chi connectivity index (χ1v) is 6.76. The van der Waals surface area contributed by atoms with Crippen LogP contribution in [0.1, 0.15) is 30.6 Å². The molecule has 5 nitrogen and oxygen atoms in total.